The van der Waals surface area contributed by atoms with E-state index in [1.165, 1.54) is 30.2 Å². The van der Waals surface area contributed by atoms with E-state index in [-0.39, 0.29) is 5.82 Å². The van der Waals surface area contributed by atoms with Crippen LogP contribution < -0.4 is 5.32 Å². The van der Waals surface area contributed by atoms with Crippen LogP contribution in [0, 0.1) is 5.82 Å². The van der Waals surface area contributed by atoms with Crippen LogP contribution in [-0.2, 0) is 6.42 Å². The molecule has 3 rings (SSSR count). The summed E-state index contributed by atoms with van der Waals surface area (Å²) >= 11 is 0. The van der Waals surface area contributed by atoms with Crippen molar-refractivity contribution in [2.75, 3.05) is 13.6 Å². The van der Waals surface area contributed by atoms with Gasteiger partial charge in [0.05, 0.1) is 5.52 Å². The highest BCUT2D eigenvalue weighted by Gasteiger charge is 2.24. The van der Waals surface area contributed by atoms with Gasteiger partial charge in [-0.15, -0.1) is 0 Å². The lowest BCUT2D eigenvalue weighted by molar-refractivity contribution is 0.521. The molecule has 2 nitrogen and oxygen atoms in total. The molecule has 2 aromatic rings. The molecule has 3 heteroatoms. The average molecular weight is 232 g/mol. The molecule has 17 heavy (non-hydrogen) atoms. The zero-order valence-corrected chi connectivity index (χ0v) is 10.0. The molecule has 0 saturated heterocycles. The minimum Gasteiger partial charge on any atom is -0.355 e. The van der Waals surface area contributed by atoms with Crippen molar-refractivity contribution in [2.45, 2.75) is 25.2 Å². The topological polar surface area (TPSA) is 27.8 Å². The van der Waals surface area contributed by atoms with Crippen LogP contribution >= 0.6 is 0 Å². The third-order valence-corrected chi connectivity index (χ3v) is 3.76. The first-order valence-corrected chi connectivity index (χ1v) is 6.25. The van der Waals surface area contributed by atoms with Crippen molar-refractivity contribution in [2.24, 2.45) is 0 Å². The van der Waals surface area contributed by atoms with Crippen molar-refractivity contribution in [1.82, 2.24) is 10.3 Å². The van der Waals surface area contributed by atoms with Crippen molar-refractivity contribution < 1.29 is 4.39 Å². The number of nitrogens with one attached hydrogen (secondary N) is 2. The van der Waals surface area contributed by atoms with Gasteiger partial charge in [0.15, 0.2) is 0 Å². The van der Waals surface area contributed by atoms with Crippen LogP contribution in [0.2, 0.25) is 0 Å². The Kier molecular flexibility index (Phi) is 2.63. The summed E-state index contributed by atoms with van der Waals surface area (Å²) in [4.78, 5) is 3.30. The van der Waals surface area contributed by atoms with E-state index in [4.69, 9.17) is 0 Å². The van der Waals surface area contributed by atoms with Crippen molar-refractivity contribution >= 4 is 10.9 Å². The smallest absolute Gasteiger partial charge is 0.147 e. The van der Waals surface area contributed by atoms with Gasteiger partial charge in [0.2, 0.25) is 0 Å². The van der Waals surface area contributed by atoms with Gasteiger partial charge in [0, 0.05) is 23.5 Å². The first-order chi connectivity index (χ1) is 8.31. The van der Waals surface area contributed by atoms with Gasteiger partial charge in [-0.1, -0.05) is 12.1 Å². The van der Waals surface area contributed by atoms with E-state index >= 15 is 0 Å². The lowest BCUT2D eigenvalue weighted by Gasteiger charge is -2.22. The normalized spacial score (nSPS) is 19.5. The highest BCUT2D eigenvalue weighted by molar-refractivity contribution is 5.85. The second kappa shape index (κ2) is 4.15. The SMILES string of the molecule is CNCC1CCCc2c1[nH]c1c(F)cccc21. The Hall–Kier alpha value is -1.35. The van der Waals surface area contributed by atoms with Gasteiger partial charge in [-0.25, -0.2) is 4.39 Å². The lowest BCUT2D eigenvalue weighted by atomic mass is 9.87. The van der Waals surface area contributed by atoms with Crippen LogP contribution in [0.5, 0.6) is 0 Å². The Morgan fingerprint density at radius 1 is 1.47 bits per heavy atom. The fourth-order valence-electron chi connectivity index (χ4n) is 3.00. The Bertz CT molecular complexity index is 544. The predicted molar refractivity (Wildman–Crippen MR) is 67.9 cm³/mol. The zero-order valence-electron chi connectivity index (χ0n) is 10.0. The fourth-order valence-corrected chi connectivity index (χ4v) is 3.00. The average Bonchev–Trinajstić information content (AvgIpc) is 2.71. The van der Waals surface area contributed by atoms with Gasteiger partial charge in [-0.3, -0.25) is 0 Å². The maximum Gasteiger partial charge on any atom is 0.147 e. The molecule has 0 saturated carbocycles. The highest BCUT2D eigenvalue weighted by atomic mass is 19.1. The molecule has 1 unspecified atom stereocenters. The van der Waals surface area contributed by atoms with Crippen LogP contribution in [0.25, 0.3) is 10.9 Å². The van der Waals surface area contributed by atoms with Gasteiger partial charge in [0.1, 0.15) is 5.82 Å². The van der Waals surface area contributed by atoms with E-state index in [9.17, 15) is 4.39 Å². The minimum atomic E-state index is -0.139. The molecule has 1 atom stereocenters. The van der Waals surface area contributed by atoms with Gasteiger partial charge in [0.25, 0.3) is 0 Å². The van der Waals surface area contributed by atoms with Crippen molar-refractivity contribution in [3.05, 3.63) is 35.3 Å². The summed E-state index contributed by atoms with van der Waals surface area (Å²) in [5.41, 5.74) is 3.25. The van der Waals surface area contributed by atoms with Crippen LogP contribution in [0.4, 0.5) is 4.39 Å². The maximum absolute atomic E-state index is 13.7. The van der Waals surface area contributed by atoms with Crippen molar-refractivity contribution in [3.8, 4) is 0 Å². The molecule has 90 valence electrons. The second-order valence-corrected chi connectivity index (χ2v) is 4.83. The largest absolute Gasteiger partial charge is 0.355 e. The van der Waals surface area contributed by atoms with Crippen LogP contribution in [-0.4, -0.2) is 18.6 Å². The number of rotatable bonds is 2. The summed E-state index contributed by atoms with van der Waals surface area (Å²) in [5.74, 6) is 0.357. The maximum atomic E-state index is 13.7. The number of benzene rings is 1. The third kappa shape index (κ3) is 1.65. The number of halogens is 1. The molecule has 0 fully saturated rings. The summed E-state index contributed by atoms with van der Waals surface area (Å²) in [6, 6.07) is 5.35. The predicted octanol–water partition coefficient (Wildman–Crippen LogP) is 2.95. The molecular weight excluding hydrogens is 215 g/mol. The Morgan fingerprint density at radius 3 is 3.18 bits per heavy atom. The van der Waals surface area contributed by atoms with E-state index in [0.29, 0.717) is 11.4 Å². The van der Waals surface area contributed by atoms with Crippen molar-refractivity contribution in [3.63, 3.8) is 0 Å². The summed E-state index contributed by atoms with van der Waals surface area (Å²) in [6.45, 7) is 0.960. The first kappa shape index (κ1) is 10.8. The monoisotopic (exact) mass is 232 g/mol. The number of H-pyrrole nitrogens is 1. The van der Waals surface area contributed by atoms with E-state index in [2.05, 4.69) is 10.3 Å². The Balaban J connectivity index is 2.18. The van der Waals surface area contributed by atoms with Gasteiger partial charge in [-0.05, 0) is 37.9 Å². The lowest BCUT2D eigenvalue weighted by Crippen LogP contribution is -2.21. The van der Waals surface area contributed by atoms with Crippen LogP contribution in [0.3, 0.4) is 0 Å². The standard InChI is InChI=1S/C14H17FN2/c1-16-8-9-4-2-5-10-11-6-3-7-12(15)14(11)17-13(9)10/h3,6-7,9,16-17H,2,4-5,8H2,1H3. The number of aromatic nitrogens is 1. The molecule has 2 N–H and O–H groups in total. The van der Waals surface area contributed by atoms with E-state index in [0.717, 1.165) is 18.4 Å². The zero-order chi connectivity index (χ0) is 11.8. The number of aryl methyl sites for hydroxylation is 1. The molecule has 0 amide bonds. The second-order valence-electron chi connectivity index (χ2n) is 4.83. The van der Waals surface area contributed by atoms with E-state index in [1.54, 1.807) is 6.07 Å². The highest BCUT2D eigenvalue weighted by Crippen LogP contribution is 2.36. The molecule has 0 radical (unpaired) electrons. The molecule has 1 aliphatic rings. The van der Waals surface area contributed by atoms with Crippen LogP contribution in [0.1, 0.15) is 30.0 Å². The molecule has 1 heterocycles. The number of aromatic amines is 1. The number of para-hydroxylation sites is 1. The van der Waals surface area contributed by atoms with Gasteiger partial charge in [-0.2, -0.15) is 0 Å². The molecule has 0 spiro atoms. The Labute approximate surface area is 100 Å². The number of likely N-dealkylation sites (N-methyl/N-ethyl adjacent to an activating group) is 1. The minimum absolute atomic E-state index is 0.139. The molecule has 1 aromatic carbocycles. The molecule has 0 aliphatic heterocycles. The Morgan fingerprint density at radius 2 is 2.35 bits per heavy atom. The van der Waals surface area contributed by atoms with E-state index < -0.39 is 0 Å². The molecular formula is C14H17FN2. The molecule has 1 aliphatic carbocycles. The number of fused-ring (bicyclic) bond motifs is 3. The number of hydrogen-bond acceptors (Lipinski definition) is 1. The first-order valence-electron chi connectivity index (χ1n) is 6.25. The molecule has 1 aromatic heterocycles. The summed E-state index contributed by atoms with van der Waals surface area (Å²) < 4.78 is 13.7. The quantitative estimate of drug-likeness (QED) is 0.818. The van der Waals surface area contributed by atoms with Crippen molar-refractivity contribution in [1.29, 1.82) is 0 Å². The van der Waals surface area contributed by atoms with Gasteiger partial charge >= 0.3 is 0 Å². The summed E-state index contributed by atoms with van der Waals surface area (Å²) in [5, 5.41) is 4.29. The van der Waals surface area contributed by atoms with Gasteiger partial charge < -0.3 is 10.3 Å². The third-order valence-electron chi connectivity index (χ3n) is 3.76. The van der Waals surface area contributed by atoms with E-state index in [1.807, 2.05) is 13.1 Å². The molecule has 0 bridgehead atoms. The number of hydrogen-bond donors (Lipinski definition) is 2. The summed E-state index contributed by atoms with van der Waals surface area (Å²) in [6.07, 6.45) is 3.45. The fraction of sp³-hybridized carbons (Fsp3) is 0.429. The summed E-state index contributed by atoms with van der Waals surface area (Å²) in [7, 11) is 1.97. The van der Waals surface area contributed by atoms with Crippen LogP contribution in [0.15, 0.2) is 18.2 Å².